The molecule has 6 nitrogen and oxygen atoms in total. The summed E-state index contributed by atoms with van der Waals surface area (Å²) in [6, 6.07) is 11.5. The first-order valence-electron chi connectivity index (χ1n) is 9.84. The van der Waals surface area contributed by atoms with E-state index in [1.165, 1.54) is 6.07 Å². The van der Waals surface area contributed by atoms with Gasteiger partial charge in [-0.05, 0) is 42.5 Å². The number of aromatic nitrogens is 2. The summed E-state index contributed by atoms with van der Waals surface area (Å²) in [6.45, 7) is 5.47. The zero-order chi connectivity index (χ0) is 21.3. The van der Waals surface area contributed by atoms with Gasteiger partial charge >= 0.3 is 0 Å². The Labute approximate surface area is 180 Å². The molecule has 0 atom stereocenters. The van der Waals surface area contributed by atoms with Crippen LogP contribution >= 0.6 is 11.6 Å². The number of hydrogen-bond acceptors (Lipinski definition) is 5. The lowest BCUT2D eigenvalue weighted by atomic mass is 10.1. The Morgan fingerprint density at radius 1 is 1.13 bits per heavy atom. The van der Waals surface area contributed by atoms with Gasteiger partial charge in [-0.25, -0.2) is 13.1 Å². The maximum Gasteiger partial charge on any atom is 0.206 e. The highest BCUT2D eigenvalue weighted by molar-refractivity contribution is 7.91. The zero-order valence-corrected chi connectivity index (χ0v) is 18.3. The van der Waals surface area contributed by atoms with Crippen LogP contribution in [0.15, 0.2) is 69.1 Å². The van der Waals surface area contributed by atoms with E-state index < -0.39 is 9.84 Å². The summed E-state index contributed by atoms with van der Waals surface area (Å²) in [4.78, 5) is 0.361. The lowest BCUT2D eigenvalue weighted by molar-refractivity contribution is 0.500. The number of benzene rings is 2. The SMILES string of the molecule is CC.O=S(=O)(c1ccc(-n2cccn2)cc1)c1cc(Cl)c2oc3c(c2c1)CNCC3. The zero-order valence-electron chi connectivity index (χ0n) is 16.7. The van der Waals surface area contributed by atoms with E-state index in [1.54, 1.807) is 47.4 Å². The summed E-state index contributed by atoms with van der Waals surface area (Å²) in [6.07, 6.45) is 4.23. The van der Waals surface area contributed by atoms with Crippen LogP contribution in [-0.4, -0.2) is 24.7 Å². The van der Waals surface area contributed by atoms with Gasteiger partial charge in [-0.15, -0.1) is 0 Å². The number of rotatable bonds is 3. The predicted octanol–water partition coefficient (Wildman–Crippen LogP) is 4.78. The Morgan fingerprint density at radius 2 is 1.90 bits per heavy atom. The molecule has 2 aromatic carbocycles. The van der Waals surface area contributed by atoms with Crippen molar-refractivity contribution in [2.75, 3.05) is 6.54 Å². The largest absolute Gasteiger partial charge is 0.459 e. The van der Waals surface area contributed by atoms with Crippen LogP contribution in [-0.2, 0) is 22.8 Å². The fourth-order valence-electron chi connectivity index (χ4n) is 3.53. The number of furan rings is 1. The summed E-state index contributed by atoms with van der Waals surface area (Å²) < 4.78 is 33.9. The number of hydrogen-bond donors (Lipinski definition) is 1. The second-order valence-electron chi connectivity index (χ2n) is 6.66. The van der Waals surface area contributed by atoms with Crippen molar-refractivity contribution < 1.29 is 12.8 Å². The first-order chi connectivity index (χ1) is 14.5. The van der Waals surface area contributed by atoms with Crippen molar-refractivity contribution in [2.24, 2.45) is 0 Å². The fraction of sp³-hybridized carbons (Fsp3) is 0.227. The van der Waals surface area contributed by atoms with Crippen molar-refractivity contribution in [2.45, 2.75) is 36.6 Å². The number of halogens is 1. The van der Waals surface area contributed by atoms with Crippen molar-refractivity contribution in [3.63, 3.8) is 0 Å². The first-order valence-corrected chi connectivity index (χ1v) is 11.7. The van der Waals surface area contributed by atoms with Crippen LogP contribution in [0.25, 0.3) is 16.7 Å². The van der Waals surface area contributed by atoms with Gasteiger partial charge in [0, 0.05) is 42.9 Å². The molecule has 0 bridgehead atoms. The van der Waals surface area contributed by atoms with E-state index in [0.717, 1.165) is 35.4 Å². The lowest BCUT2D eigenvalue weighted by Gasteiger charge is -2.11. The highest BCUT2D eigenvalue weighted by atomic mass is 35.5. The van der Waals surface area contributed by atoms with Gasteiger partial charge in [0.2, 0.25) is 9.84 Å². The molecule has 3 heterocycles. The van der Waals surface area contributed by atoms with E-state index in [2.05, 4.69) is 10.4 Å². The number of fused-ring (bicyclic) bond motifs is 3. The van der Waals surface area contributed by atoms with Gasteiger partial charge in [-0.2, -0.15) is 5.10 Å². The Kier molecular flexibility index (Phi) is 5.69. The summed E-state index contributed by atoms with van der Waals surface area (Å²) in [5, 5.41) is 8.49. The fourth-order valence-corrected chi connectivity index (χ4v) is 5.17. The van der Waals surface area contributed by atoms with Gasteiger partial charge in [-0.1, -0.05) is 25.4 Å². The molecule has 0 radical (unpaired) electrons. The normalized spacial score (nSPS) is 13.6. The second kappa shape index (κ2) is 8.26. The molecule has 1 N–H and O–H groups in total. The molecule has 0 fully saturated rings. The molecule has 8 heteroatoms. The lowest BCUT2D eigenvalue weighted by Crippen LogP contribution is -2.22. The van der Waals surface area contributed by atoms with E-state index in [4.69, 9.17) is 16.0 Å². The summed E-state index contributed by atoms with van der Waals surface area (Å²) in [5.41, 5.74) is 2.31. The molecule has 0 amide bonds. The second-order valence-corrected chi connectivity index (χ2v) is 9.02. The van der Waals surface area contributed by atoms with E-state index >= 15 is 0 Å². The van der Waals surface area contributed by atoms with Crippen molar-refractivity contribution in [3.8, 4) is 5.69 Å². The molecule has 4 aromatic rings. The van der Waals surface area contributed by atoms with Crippen LogP contribution in [0.1, 0.15) is 25.2 Å². The predicted molar refractivity (Wildman–Crippen MR) is 117 cm³/mol. The molecule has 5 rings (SSSR count). The van der Waals surface area contributed by atoms with Crippen LogP contribution in [0.3, 0.4) is 0 Å². The molecule has 1 aliphatic heterocycles. The van der Waals surface area contributed by atoms with Crippen LogP contribution in [0.4, 0.5) is 0 Å². The van der Waals surface area contributed by atoms with E-state index in [-0.39, 0.29) is 9.79 Å². The summed E-state index contributed by atoms with van der Waals surface area (Å²) >= 11 is 6.38. The third-order valence-corrected chi connectivity index (χ3v) is 6.99. The molecule has 0 aliphatic carbocycles. The Bertz CT molecular complexity index is 1280. The molecule has 0 spiro atoms. The molecule has 0 saturated carbocycles. The van der Waals surface area contributed by atoms with Gasteiger partial charge < -0.3 is 9.73 Å². The monoisotopic (exact) mass is 443 g/mol. The van der Waals surface area contributed by atoms with Gasteiger partial charge in [0.1, 0.15) is 5.76 Å². The topological polar surface area (TPSA) is 77.1 Å². The maximum absolute atomic E-state index is 13.2. The Hall–Kier alpha value is -2.61. The van der Waals surface area contributed by atoms with Crippen LogP contribution in [0.2, 0.25) is 5.02 Å². The molecule has 2 aromatic heterocycles. The third-order valence-electron chi connectivity index (χ3n) is 4.96. The van der Waals surface area contributed by atoms with Crippen molar-refractivity contribution in [1.82, 2.24) is 15.1 Å². The van der Waals surface area contributed by atoms with Gasteiger partial charge in [0.05, 0.1) is 20.5 Å². The van der Waals surface area contributed by atoms with Crippen LogP contribution < -0.4 is 5.32 Å². The Balaban J connectivity index is 0.00000106. The quantitative estimate of drug-likeness (QED) is 0.493. The smallest absolute Gasteiger partial charge is 0.206 e. The molecule has 0 unspecified atom stereocenters. The van der Waals surface area contributed by atoms with E-state index in [9.17, 15) is 8.42 Å². The number of nitrogens with zero attached hydrogens (tertiary/aromatic N) is 2. The van der Waals surface area contributed by atoms with Crippen molar-refractivity contribution in [3.05, 3.63) is 71.2 Å². The van der Waals surface area contributed by atoms with Crippen LogP contribution in [0, 0.1) is 0 Å². The molecule has 30 heavy (non-hydrogen) atoms. The van der Waals surface area contributed by atoms with Crippen molar-refractivity contribution in [1.29, 1.82) is 0 Å². The molecular formula is C22H22ClN3O3S. The van der Waals surface area contributed by atoms with Gasteiger partial charge in [0.25, 0.3) is 0 Å². The van der Waals surface area contributed by atoms with E-state index in [1.807, 2.05) is 19.9 Å². The molecular weight excluding hydrogens is 422 g/mol. The van der Waals surface area contributed by atoms with Crippen LogP contribution in [0.5, 0.6) is 0 Å². The standard InChI is InChI=1S/C20H16ClN3O3S.C2H6/c21-18-11-15(10-16-17-12-22-8-6-19(17)27-20(16)18)28(25,26)14-4-2-13(3-5-14)24-9-1-7-23-24;1-2/h1-5,7,9-11,22H,6,8,12H2;1-2H3. The average Bonchev–Trinajstić information content (AvgIpc) is 3.44. The highest BCUT2D eigenvalue weighted by Crippen LogP contribution is 2.36. The first kappa shape index (κ1) is 20.7. The molecule has 1 aliphatic rings. The number of nitrogens with one attached hydrogen (secondary N) is 1. The minimum atomic E-state index is -3.72. The van der Waals surface area contributed by atoms with E-state index in [0.29, 0.717) is 17.2 Å². The summed E-state index contributed by atoms with van der Waals surface area (Å²) in [5.74, 6) is 0.869. The molecule has 0 saturated heterocycles. The summed E-state index contributed by atoms with van der Waals surface area (Å²) in [7, 11) is -3.72. The minimum absolute atomic E-state index is 0.158. The molecule has 156 valence electrons. The van der Waals surface area contributed by atoms with Crippen molar-refractivity contribution >= 4 is 32.4 Å². The number of sulfone groups is 1. The van der Waals surface area contributed by atoms with Gasteiger partial charge in [-0.3, -0.25) is 0 Å². The maximum atomic E-state index is 13.2. The minimum Gasteiger partial charge on any atom is -0.459 e. The van der Waals surface area contributed by atoms with Gasteiger partial charge in [0.15, 0.2) is 5.58 Å². The average molecular weight is 444 g/mol. The Morgan fingerprint density at radius 3 is 2.60 bits per heavy atom. The highest BCUT2D eigenvalue weighted by Gasteiger charge is 2.24. The third kappa shape index (κ3) is 3.53.